The summed E-state index contributed by atoms with van der Waals surface area (Å²) in [6.07, 6.45) is 3.36. The van der Waals surface area contributed by atoms with Crippen LogP contribution in [-0.2, 0) is 10.0 Å². The minimum Gasteiger partial charge on any atom is -0.211 e. The first kappa shape index (κ1) is 13.5. The second-order valence-corrected chi connectivity index (χ2v) is 6.72. The van der Waals surface area contributed by atoms with E-state index in [1.165, 1.54) is 18.6 Å². The average Bonchev–Trinajstić information content (AvgIpc) is 2.11. The second-order valence-electron chi connectivity index (χ2n) is 5.02. The zero-order valence-electron chi connectivity index (χ0n) is 10.7. The summed E-state index contributed by atoms with van der Waals surface area (Å²) < 4.78 is 40.2. The fourth-order valence-electron chi connectivity index (χ4n) is 2.32. The molecule has 100 valence electrons. The van der Waals surface area contributed by atoms with Crippen molar-refractivity contribution in [2.75, 3.05) is 6.54 Å². The van der Waals surface area contributed by atoms with Gasteiger partial charge in [0.1, 0.15) is 5.82 Å². The van der Waals surface area contributed by atoms with E-state index in [0.29, 0.717) is 23.6 Å². The van der Waals surface area contributed by atoms with Gasteiger partial charge in [0.05, 0.1) is 4.90 Å². The van der Waals surface area contributed by atoms with Crippen molar-refractivity contribution in [3.8, 4) is 0 Å². The van der Waals surface area contributed by atoms with E-state index in [1.807, 2.05) is 0 Å². The summed E-state index contributed by atoms with van der Waals surface area (Å²) in [6, 6.07) is 2.51. The lowest BCUT2D eigenvalue weighted by molar-refractivity contribution is 0.316. The number of hydrogen-bond acceptors (Lipinski definition) is 2. The van der Waals surface area contributed by atoms with Crippen LogP contribution in [0.3, 0.4) is 0 Å². The van der Waals surface area contributed by atoms with Gasteiger partial charge in [-0.1, -0.05) is 6.42 Å². The summed E-state index contributed by atoms with van der Waals surface area (Å²) in [4.78, 5) is 0.211. The Morgan fingerprint density at radius 1 is 1.28 bits per heavy atom. The minimum absolute atomic E-state index is 0.211. The molecule has 3 nitrogen and oxygen atoms in total. The molecule has 0 spiro atoms. The van der Waals surface area contributed by atoms with E-state index >= 15 is 0 Å². The number of sulfonamides is 1. The molecular formula is C13H18FNO2S. The number of halogens is 1. The molecule has 2 rings (SSSR count). The van der Waals surface area contributed by atoms with Crippen LogP contribution in [0.1, 0.15) is 30.4 Å². The Kier molecular flexibility index (Phi) is 3.73. The average molecular weight is 271 g/mol. The van der Waals surface area contributed by atoms with Crippen LogP contribution in [0.15, 0.2) is 17.0 Å². The summed E-state index contributed by atoms with van der Waals surface area (Å²) in [5.41, 5.74) is 0.905. The van der Waals surface area contributed by atoms with Crippen LogP contribution in [0.5, 0.6) is 0 Å². The molecule has 0 bridgehead atoms. The van der Waals surface area contributed by atoms with Crippen molar-refractivity contribution in [3.05, 3.63) is 29.1 Å². The summed E-state index contributed by atoms with van der Waals surface area (Å²) in [5, 5.41) is 0. The van der Waals surface area contributed by atoms with Crippen molar-refractivity contribution < 1.29 is 12.8 Å². The molecule has 1 saturated carbocycles. The molecule has 0 radical (unpaired) electrons. The molecule has 0 amide bonds. The SMILES string of the molecule is Cc1cc(F)cc(C)c1S(=O)(=O)NCC1CCC1. The molecule has 1 aromatic rings. The van der Waals surface area contributed by atoms with Crippen molar-refractivity contribution in [2.24, 2.45) is 5.92 Å². The Balaban J connectivity index is 2.23. The maximum Gasteiger partial charge on any atom is 0.241 e. The lowest BCUT2D eigenvalue weighted by atomic mass is 9.86. The maximum atomic E-state index is 13.2. The summed E-state index contributed by atoms with van der Waals surface area (Å²) in [6.45, 7) is 3.72. The van der Waals surface area contributed by atoms with Crippen LogP contribution in [-0.4, -0.2) is 15.0 Å². The van der Waals surface area contributed by atoms with Gasteiger partial charge in [-0.15, -0.1) is 0 Å². The summed E-state index contributed by atoms with van der Waals surface area (Å²) >= 11 is 0. The Labute approximate surface area is 107 Å². The molecule has 1 fully saturated rings. The zero-order chi connectivity index (χ0) is 13.3. The first-order chi connectivity index (χ1) is 8.40. The summed E-state index contributed by atoms with van der Waals surface area (Å²) in [7, 11) is -3.53. The number of hydrogen-bond donors (Lipinski definition) is 1. The van der Waals surface area contributed by atoms with Gasteiger partial charge in [-0.05, 0) is 55.9 Å². The number of rotatable bonds is 4. The number of benzene rings is 1. The van der Waals surface area contributed by atoms with Crippen molar-refractivity contribution in [3.63, 3.8) is 0 Å². The predicted molar refractivity (Wildman–Crippen MR) is 68.4 cm³/mol. The van der Waals surface area contributed by atoms with Crippen molar-refractivity contribution in [2.45, 2.75) is 38.0 Å². The molecule has 1 aliphatic rings. The standard InChI is InChI=1S/C13H18FNO2S/c1-9-6-12(14)7-10(2)13(9)18(16,17)15-8-11-4-3-5-11/h6-7,11,15H,3-5,8H2,1-2H3. The van der Waals surface area contributed by atoms with E-state index in [4.69, 9.17) is 0 Å². The molecule has 0 aromatic heterocycles. The van der Waals surface area contributed by atoms with Crippen LogP contribution >= 0.6 is 0 Å². The highest BCUT2D eigenvalue weighted by molar-refractivity contribution is 7.89. The Morgan fingerprint density at radius 3 is 2.28 bits per heavy atom. The molecule has 0 unspecified atom stereocenters. The molecule has 0 atom stereocenters. The van der Waals surface area contributed by atoms with E-state index in [2.05, 4.69) is 4.72 Å². The van der Waals surface area contributed by atoms with Crippen LogP contribution in [0, 0.1) is 25.6 Å². The van der Waals surface area contributed by atoms with Gasteiger partial charge in [-0.3, -0.25) is 0 Å². The minimum atomic E-state index is -3.53. The fourth-order valence-corrected chi connectivity index (χ4v) is 3.88. The molecule has 1 N–H and O–H groups in total. The molecule has 1 aromatic carbocycles. The topological polar surface area (TPSA) is 46.2 Å². The van der Waals surface area contributed by atoms with Crippen molar-refractivity contribution in [1.82, 2.24) is 4.72 Å². The molecule has 0 heterocycles. The molecule has 18 heavy (non-hydrogen) atoms. The largest absolute Gasteiger partial charge is 0.241 e. The van der Waals surface area contributed by atoms with Crippen LogP contribution in [0.4, 0.5) is 4.39 Å². The molecule has 1 aliphatic carbocycles. The molecular weight excluding hydrogens is 253 g/mol. The van der Waals surface area contributed by atoms with Gasteiger partial charge >= 0.3 is 0 Å². The first-order valence-electron chi connectivity index (χ1n) is 6.16. The van der Waals surface area contributed by atoms with Gasteiger partial charge in [0.15, 0.2) is 0 Å². The second kappa shape index (κ2) is 4.97. The van der Waals surface area contributed by atoms with Crippen molar-refractivity contribution >= 4 is 10.0 Å². The van der Waals surface area contributed by atoms with E-state index in [9.17, 15) is 12.8 Å². The Morgan fingerprint density at radius 2 is 1.83 bits per heavy atom. The van der Waals surface area contributed by atoms with Crippen LogP contribution < -0.4 is 4.72 Å². The summed E-state index contributed by atoms with van der Waals surface area (Å²) in [5.74, 6) is 0.0591. The van der Waals surface area contributed by atoms with Gasteiger partial charge < -0.3 is 0 Å². The van der Waals surface area contributed by atoms with Crippen LogP contribution in [0.25, 0.3) is 0 Å². The molecule has 0 aliphatic heterocycles. The quantitative estimate of drug-likeness (QED) is 0.914. The zero-order valence-corrected chi connectivity index (χ0v) is 11.5. The third-order valence-electron chi connectivity index (χ3n) is 3.48. The fraction of sp³-hybridized carbons (Fsp3) is 0.538. The van der Waals surface area contributed by atoms with Crippen molar-refractivity contribution in [1.29, 1.82) is 0 Å². The van der Waals surface area contributed by atoms with Gasteiger partial charge in [-0.25, -0.2) is 17.5 Å². The first-order valence-corrected chi connectivity index (χ1v) is 7.65. The van der Waals surface area contributed by atoms with Gasteiger partial charge in [-0.2, -0.15) is 0 Å². The third-order valence-corrected chi connectivity index (χ3v) is 5.21. The van der Waals surface area contributed by atoms with E-state index in [-0.39, 0.29) is 4.90 Å². The highest BCUT2D eigenvalue weighted by Gasteiger charge is 2.24. The highest BCUT2D eigenvalue weighted by Crippen LogP contribution is 2.26. The Hall–Kier alpha value is -0.940. The van der Waals surface area contributed by atoms with E-state index < -0.39 is 15.8 Å². The van der Waals surface area contributed by atoms with E-state index in [1.54, 1.807) is 13.8 Å². The molecule has 5 heteroatoms. The van der Waals surface area contributed by atoms with Gasteiger partial charge in [0.2, 0.25) is 10.0 Å². The normalized spacial score (nSPS) is 16.6. The predicted octanol–water partition coefficient (Wildman–Crippen LogP) is 2.52. The number of nitrogens with one attached hydrogen (secondary N) is 1. The van der Waals surface area contributed by atoms with Crippen LogP contribution in [0.2, 0.25) is 0 Å². The highest BCUT2D eigenvalue weighted by atomic mass is 32.2. The van der Waals surface area contributed by atoms with Gasteiger partial charge in [0, 0.05) is 6.54 Å². The monoisotopic (exact) mass is 271 g/mol. The van der Waals surface area contributed by atoms with Gasteiger partial charge in [0.25, 0.3) is 0 Å². The third kappa shape index (κ3) is 2.72. The lowest BCUT2D eigenvalue weighted by Crippen LogP contribution is -2.33. The maximum absolute atomic E-state index is 13.2. The molecule has 0 saturated heterocycles. The van der Waals surface area contributed by atoms with E-state index in [0.717, 1.165) is 12.8 Å². The Bertz CT molecular complexity index is 527. The smallest absolute Gasteiger partial charge is 0.211 e. The lowest BCUT2D eigenvalue weighted by Gasteiger charge is -2.25. The number of aryl methyl sites for hydroxylation is 2.